The molecule has 0 heterocycles. The number of hydrogen-bond donors (Lipinski definition) is 1. The maximum absolute atomic E-state index is 13.1. The summed E-state index contributed by atoms with van der Waals surface area (Å²) in [5.74, 6) is -0.367. The van der Waals surface area contributed by atoms with Crippen LogP contribution in [0, 0.1) is 0 Å². The topological polar surface area (TPSA) is 75.7 Å². The van der Waals surface area contributed by atoms with Crippen molar-refractivity contribution in [3.63, 3.8) is 0 Å². The minimum atomic E-state index is -3.87. The highest BCUT2D eigenvalue weighted by atomic mass is 79.9. The lowest BCUT2D eigenvalue weighted by molar-refractivity contribution is -0.119. The number of sulfonamides is 1. The van der Waals surface area contributed by atoms with E-state index in [0.29, 0.717) is 31.9 Å². The molecule has 0 aliphatic heterocycles. The van der Waals surface area contributed by atoms with Crippen LogP contribution in [0.5, 0.6) is 0 Å². The van der Waals surface area contributed by atoms with Crippen LogP contribution in [-0.4, -0.2) is 40.6 Å². The van der Waals surface area contributed by atoms with Crippen LogP contribution in [0.1, 0.15) is 13.3 Å². The van der Waals surface area contributed by atoms with E-state index in [4.69, 9.17) is 4.74 Å². The quantitative estimate of drug-likeness (QED) is 0.559. The molecular weight excluding hydrogens is 432 g/mol. The number of rotatable bonds is 10. The third-order valence-corrected chi connectivity index (χ3v) is 6.04. The number of amides is 1. The Morgan fingerprint density at radius 3 is 2.41 bits per heavy atom. The van der Waals surface area contributed by atoms with Gasteiger partial charge in [-0.1, -0.05) is 34.1 Å². The summed E-state index contributed by atoms with van der Waals surface area (Å²) in [4.78, 5) is 12.5. The number of ether oxygens (including phenoxy) is 1. The van der Waals surface area contributed by atoms with Crippen LogP contribution in [0.2, 0.25) is 0 Å². The van der Waals surface area contributed by atoms with Gasteiger partial charge < -0.3 is 10.1 Å². The monoisotopic (exact) mass is 454 g/mol. The Hall–Kier alpha value is -1.90. The fourth-order valence-corrected chi connectivity index (χ4v) is 4.08. The third-order valence-electron chi connectivity index (χ3n) is 3.72. The Bertz CT molecular complexity index is 827. The summed E-state index contributed by atoms with van der Waals surface area (Å²) in [6, 6.07) is 14.9. The summed E-state index contributed by atoms with van der Waals surface area (Å²) < 4.78 is 33.3. The van der Waals surface area contributed by atoms with E-state index in [1.54, 1.807) is 42.5 Å². The number of benzene rings is 2. The molecule has 0 spiro atoms. The standard InChI is InChI=1S/C19H23BrN2O4S/c1-2-26-14-6-13-21-19(23)15-22(17-11-9-16(20)10-12-17)27(24,25)18-7-4-3-5-8-18/h3-5,7-12H,2,6,13-15H2,1H3,(H,21,23). The molecule has 0 unspecified atom stereocenters. The Morgan fingerprint density at radius 1 is 1.11 bits per heavy atom. The van der Waals surface area contributed by atoms with Crippen molar-refractivity contribution in [2.24, 2.45) is 0 Å². The van der Waals surface area contributed by atoms with Gasteiger partial charge in [0.05, 0.1) is 10.6 Å². The zero-order chi connectivity index (χ0) is 19.7. The summed E-state index contributed by atoms with van der Waals surface area (Å²) in [6.07, 6.45) is 0.670. The molecule has 1 N–H and O–H groups in total. The first-order valence-corrected chi connectivity index (χ1v) is 10.9. The second kappa shape index (κ2) is 10.4. The smallest absolute Gasteiger partial charge is 0.264 e. The second-order valence-corrected chi connectivity index (χ2v) is 8.48. The van der Waals surface area contributed by atoms with Crippen LogP contribution in [0.25, 0.3) is 0 Å². The maximum atomic E-state index is 13.1. The summed E-state index contributed by atoms with van der Waals surface area (Å²) in [5, 5.41) is 2.74. The highest BCUT2D eigenvalue weighted by molar-refractivity contribution is 9.10. The van der Waals surface area contributed by atoms with Crippen molar-refractivity contribution in [2.75, 3.05) is 30.6 Å². The van der Waals surface area contributed by atoms with Crippen LogP contribution >= 0.6 is 15.9 Å². The van der Waals surface area contributed by atoms with Gasteiger partial charge in [-0.15, -0.1) is 0 Å². The minimum absolute atomic E-state index is 0.136. The predicted octanol–water partition coefficient (Wildman–Crippen LogP) is 3.19. The van der Waals surface area contributed by atoms with Crippen molar-refractivity contribution in [3.05, 3.63) is 59.1 Å². The molecule has 27 heavy (non-hydrogen) atoms. The molecule has 0 bridgehead atoms. The summed E-state index contributed by atoms with van der Waals surface area (Å²) in [6.45, 7) is 3.21. The van der Waals surface area contributed by atoms with Crippen molar-refractivity contribution in [1.29, 1.82) is 0 Å². The van der Waals surface area contributed by atoms with E-state index >= 15 is 0 Å². The average molecular weight is 455 g/mol. The molecule has 2 rings (SSSR count). The van der Waals surface area contributed by atoms with Crippen molar-refractivity contribution in [1.82, 2.24) is 5.32 Å². The summed E-state index contributed by atoms with van der Waals surface area (Å²) >= 11 is 3.34. The first-order chi connectivity index (χ1) is 12.9. The fraction of sp³-hybridized carbons (Fsp3) is 0.316. The van der Waals surface area contributed by atoms with Gasteiger partial charge >= 0.3 is 0 Å². The van der Waals surface area contributed by atoms with E-state index in [9.17, 15) is 13.2 Å². The number of anilines is 1. The van der Waals surface area contributed by atoms with Crippen LogP contribution in [-0.2, 0) is 19.6 Å². The van der Waals surface area contributed by atoms with Crippen LogP contribution in [0.15, 0.2) is 64.0 Å². The van der Waals surface area contributed by atoms with E-state index in [1.165, 1.54) is 12.1 Å². The molecule has 0 saturated carbocycles. The number of halogens is 1. The molecule has 0 fully saturated rings. The third kappa shape index (κ3) is 6.34. The van der Waals surface area contributed by atoms with Gasteiger partial charge in [0.25, 0.3) is 10.0 Å². The normalized spacial score (nSPS) is 11.2. The highest BCUT2D eigenvalue weighted by Crippen LogP contribution is 2.25. The molecule has 146 valence electrons. The van der Waals surface area contributed by atoms with Gasteiger partial charge in [0, 0.05) is 24.2 Å². The Balaban J connectivity index is 2.18. The van der Waals surface area contributed by atoms with E-state index in [0.717, 1.165) is 8.78 Å². The lowest BCUT2D eigenvalue weighted by atomic mass is 10.3. The zero-order valence-electron chi connectivity index (χ0n) is 15.1. The number of hydrogen-bond acceptors (Lipinski definition) is 4. The molecule has 0 saturated heterocycles. The van der Waals surface area contributed by atoms with Crippen molar-refractivity contribution < 1.29 is 17.9 Å². The molecule has 0 aromatic heterocycles. The van der Waals surface area contributed by atoms with Crippen LogP contribution in [0.4, 0.5) is 5.69 Å². The van der Waals surface area contributed by atoms with Gasteiger partial charge in [-0.2, -0.15) is 0 Å². The fourth-order valence-electron chi connectivity index (χ4n) is 2.37. The van der Waals surface area contributed by atoms with Gasteiger partial charge in [0.2, 0.25) is 5.91 Å². The number of carbonyl (C=O) groups excluding carboxylic acids is 1. The molecule has 2 aromatic rings. The molecule has 6 nitrogen and oxygen atoms in total. The first kappa shape index (κ1) is 21.4. The minimum Gasteiger partial charge on any atom is -0.382 e. The van der Waals surface area contributed by atoms with Crippen molar-refractivity contribution in [3.8, 4) is 0 Å². The molecule has 0 atom stereocenters. The molecule has 0 radical (unpaired) electrons. The van der Waals surface area contributed by atoms with Gasteiger partial charge in [0.15, 0.2) is 0 Å². The van der Waals surface area contributed by atoms with E-state index in [2.05, 4.69) is 21.2 Å². The molecule has 0 aliphatic carbocycles. The van der Waals surface area contributed by atoms with Crippen molar-refractivity contribution >= 4 is 37.5 Å². The summed E-state index contributed by atoms with van der Waals surface area (Å²) in [7, 11) is -3.87. The van der Waals surface area contributed by atoms with Gasteiger partial charge in [-0.05, 0) is 49.7 Å². The van der Waals surface area contributed by atoms with Gasteiger partial charge in [0.1, 0.15) is 6.54 Å². The average Bonchev–Trinajstić information content (AvgIpc) is 2.67. The Kier molecular flexibility index (Phi) is 8.27. The largest absolute Gasteiger partial charge is 0.382 e. The molecule has 8 heteroatoms. The van der Waals surface area contributed by atoms with Gasteiger partial charge in [-0.25, -0.2) is 8.42 Å². The van der Waals surface area contributed by atoms with Crippen LogP contribution < -0.4 is 9.62 Å². The van der Waals surface area contributed by atoms with Crippen LogP contribution in [0.3, 0.4) is 0 Å². The maximum Gasteiger partial charge on any atom is 0.264 e. The van der Waals surface area contributed by atoms with Crippen molar-refractivity contribution in [2.45, 2.75) is 18.2 Å². The Labute approximate surface area is 168 Å². The second-order valence-electron chi connectivity index (χ2n) is 5.70. The summed E-state index contributed by atoms with van der Waals surface area (Å²) in [5.41, 5.74) is 0.423. The van der Waals surface area contributed by atoms with E-state index in [1.807, 2.05) is 6.92 Å². The van der Waals surface area contributed by atoms with Gasteiger partial charge in [-0.3, -0.25) is 9.10 Å². The first-order valence-electron chi connectivity index (χ1n) is 8.63. The molecule has 0 aliphatic rings. The molecule has 1 amide bonds. The number of nitrogens with zero attached hydrogens (tertiary/aromatic N) is 1. The lowest BCUT2D eigenvalue weighted by Gasteiger charge is -2.24. The van der Waals surface area contributed by atoms with E-state index < -0.39 is 10.0 Å². The van der Waals surface area contributed by atoms with E-state index in [-0.39, 0.29) is 17.3 Å². The lowest BCUT2D eigenvalue weighted by Crippen LogP contribution is -2.41. The Morgan fingerprint density at radius 2 is 1.78 bits per heavy atom. The highest BCUT2D eigenvalue weighted by Gasteiger charge is 2.26. The SMILES string of the molecule is CCOCCCNC(=O)CN(c1ccc(Br)cc1)S(=O)(=O)c1ccccc1. The number of carbonyl (C=O) groups is 1. The zero-order valence-corrected chi connectivity index (χ0v) is 17.5. The molecule has 2 aromatic carbocycles. The number of nitrogens with one attached hydrogen (secondary N) is 1. The molecular formula is C19H23BrN2O4S. The predicted molar refractivity (Wildman–Crippen MR) is 109 cm³/mol.